The standard InChI is InChI=1S/C10H17N3O6S/c1-6-8(10(15)16)9(12-11-6)20(17,18)13(2)4-7(14)5-19-3/h7,14H,4-5H2,1-3H3,(H,11,12)(H,15,16). The van der Waals surface area contributed by atoms with Gasteiger partial charge in [0, 0.05) is 26.4 Å². The summed E-state index contributed by atoms with van der Waals surface area (Å²) in [4.78, 5) is 11.1. The van der Waals surface area contributed by atoms with Crippen LogP contribution in [0, 0.1) is 6.92 Å². The molecule has 10 heteroatoms. The SMILES string of the molecule is COCC(O)CN(C)S(=O)(=O)c1n[nH]c(C)c1C(=O)O. The van der Waals surface area contributed by atoms with Crippen molar-refractivity contribution < 1.29 is 28.2 Å². The van der Waals surface area contributed by atoms with Crippen molar-refractivity contribution in [3.05, 3.63) is 11.3 Å². The summed E-state index contributed by atoms with van der Waals surface area (Å²) in [5, 5.41) is 23.9. The summed E-state index contributed by atoms with van der Waals surface area (Å²) in [5.41, 5.74) is -0.264. The van der Waals surface area contributed by atoms with Gasteiger partial charge in [0.2, 0.25) is 5.03 Å². The van der Waals surface area contributed by atoms with Crippen molar-refractivity contribution in [1.29, 1.82) is 0 Å². The van der Waals surface area contributed by atoms with Crippen molar-refractivity contribution in [2.45, 2.75) is 18.1 Å². The first-order valence-corrected chi connectivity index (χ1v) is 7.07. The second kappa shape index (κ2) is 6.31. The number of sulfonamides is 1. The largest absolute Gasteiger partial charge is 0.478 e. The summed E-state index contributed by atoms with van der Waals surface area (Å²) in [7, 11) is -1.51. The molecular weight excluding hydrogens is 290 g/mol. The minimum atomic E-state index is -4.11. The number of aromatic amines is 1. The zero-order chi connectivity index (χ0) is 15.5. The van der Waals surface area contributed by atoms with E-state index in [2.05, 4.69) is 10.2 Å². The van der Waals surface area contributed by atoms with E-state index in [1.807, 2.05) is 0 Å². The number of hydrogen-bond donors (Lipinski definition) is 3. The van der Waals surface area contributed by atoms with Crippen LogP contribution in [0.15, 0.2) is 5.03 Å². The van der Waals surface area contributed by atoms with Crippen LogP contribution >= 0.6 is 0 Å². The minimum absolute atomic E-state index is 0.0365. The van der Waals surface area contributed by atoms with Gasteiger partial charge in [-0.2, -0.15) is 9.40 Å². The second-order valence-corrected chi connectivity index (χ2v) is 6.19. The first-order valence-electron chi connectivity index (χ1n) is 5.63. The van der Waals surface area contributed by atoms with E-state index >= 15 is 0 Å². The Hall–Kier alpha value is -1.49. The van der Waals surface area contributed by atoms with E-state index in [0.29, 0.717) is 0 Å². The number of carboxylic acids is 1. The van der Waals surface area contributed by atoms with Crippen LogP contribution in [-0.2, 0) is 14.8 Å². The van der Waals surface area contributed by atoms with Gasteiger partial charge in [0.25, 0.3) is 10.0 Å². The number of hydrogen-bond acceptors (Lipinski definition) is 6. The highest BCUT2D eigenvalue weighted by Gasteiger charge is 2.32. The van der Waals surface area contributed by atoms with Crippen LogP contribution in [0.25, 0.3) is 0 Å². The van der Waals surface area contributed by atoms with E-state index in [1.165, 1.54) is 21.1 Å². The number of rotatable bonds is 7. The third-order valence-electron chi connectivity index (χ3n) is 2.61. The molecule has 0 aliphatic heterocycles. The maximum absolute atomic E-state index is 12.2. The van der Waals surface area contributed by atoms with Gasteiger partial charge in [-0.1, -0.05) is 0 Å². The lowest BCUT2D eigenvalue weighted by molar-refractivity contribution is 0.0553. The Morgan fingerprint density at radius 3 is 2.65 bits per heavy atom. The topological polar surface area (TPSA) is 133 Å². The number of aliphatic hydroxyl groups is 1. The van der Waals surface area contributed by atoms with Crippen molar-refractivity contribution in [1.82, 2.24) is 14.5 Å². The number of nitrogens with one attached hydrogen (secondary N) is 1. The van der Waals surface area contributed by atoms with Crippen LogP contribution in [0.4, 0.5) is 0 Å². The average Bonchev–Trinajstić information content (AvgIpc) is 2.71. The predicted octanol–water partition coefficient (Wildman–Crippen LogP) is -0.956. The fourth-order valence-corrected chi connectivity index (χ4v) is 2.96. The smallest absolute Gasteiger partial charge is 0.340 e. The number of likely N-dealkylation sites (N-methyl/N-ethyl adjacent to an activating group) is 1. The lowest BCUT2D eigenvalue weighted by Gasteiger charge is -2.19. The molecule has 0 saturated carbocycles. The lowest BCUT2D eigenvalue weighted by Crippen LogP contribution is -2.37. The fourth-order valence-electron chi connectivity index (χ4n) is 1.63. The summed E-state index contributed by atoms with van der Waals surface area (Å²) in [6.45, 7) is 1.14. The molecule has 114 valence electrons. The minimum Gasteiger partial charge on any atom is -0.478 e. The first-order chi connectivity index (χ1) is 9.21. The molecule has 3 N–H and O–H groups in total. The zero-order valence-electron chi connectivity index (χ0n) is 11.3. The van der Waals surface area contributed by atoms with E-state index < -0.39 is 32.7 Å². The normalized spacial score (nSPS) is 13.7. The van der Waals surface area contributed by atoms with Crippen molar-refractivity contribution in [2.75, 3.05) is 27.3 Å². The van der Waals surface area contributed by atoms with Gasteiger partial charge in [-0.05, 0) is 6.92 Å². The number of ether oxygens (including phenoxy) is 1. The molecule has 1 heterocycles. The molecule has 0 aromatic carbocycles. The number of carboxylic acid groups (broad SMARTS) is 1. The van der Waals surface area contributed by atoms with Crippen molar-refractivity contribution in [3.63, 3.8) is 0 Å². The number of aryl methyl sites for hydroxylation is 1. The molecule has 0 saturated heterocycles. The maximum atomic E-state index is 12.2. The Morgan fingerprint density at radius 2 is 2.15 bits per heavy atom. The average molecular weight is 307 g/mol. The van der Waals surface area contributed by atoms with Crippen LogP contribution in [0.3, 0.4) is 0 Å². The van der Waals surface area contributed by atoms with Gasteiger partial charge in [0.15, 0.2) is 0 Å². The highest BCUT2D eigenvalue weighted by atomic mass is 32.2. The first kappa shape index (κ1) is 16.6. The second-order valence-electron chi connectivity index (χ2n) is 4.23. The molecule has 0 radical (unpaired) electrons. The van der Waals surface area contributed by atoms with Crippen LogP contribution in [0.5, 0.6) is 0 Å². The molecule has 0 bridgehead atoms. The van der Waals surface area contributed by atoms with E-state index in [1.54, 1.807) is 0 Å². The molecule has 0 amide bonds. The van der Waals surface area contributed by atoms with Crippen molar-refractivity contribution >= 4 is 16.0 Å². The summed E-state index contributed by atoms with van der Waals surface area (Å²) in [6.07, 6.45) is -1.02. The Balaban J connectivity index is 3.08. The van der Waals surface area contributed by atoms with Crippen LogP contribution in [-0.4, -0.2) is 72.5 Å². The highest BCUT2D eigenvalue weighted by molar-refractivity contribution is 7.89. The van der Waals surface area contributed by atoms with E-state index in [9.17, 15) is 18.3 Å². The van der Waals surface area contributed by atoms with E-state index in [-0.39, 0.29) is 18.8 Å². The molecule has 20 heavy (non-hydrogen) atoms. The van der Waals surface area contributed by atoms with Crippen LogP contribution in [0.2, 0.25) is 0 Å². The van der Waals surface area contributed by atoms with Gasteiger partial charge in [-0.15, -0.1) is 0 Å². The number of H-pyrrole nitrogens is 1. The fraction of sp³-hybridized carbons (Fsp3) is 0.600. The van der Waals surface area contributed by atoms with Crippen molar-refractivity contribution in [2.24, 2.45) is 0 Å². The third kappa shape index (κ3) is 3.33. The highest BCUT2D eigenvalue weighted by Crippen LogP contribution is 2.19. The third-order valence-corrected chi connectivity index (χ3v) is 4.36. The number of aromatic nitrogens is 2. The molecule has 9 nitrogen and oxygen atoms in total. The van der Waals surface area contributed by atoms with Gasteiger partial charge >= 0.3 is 5.97 Å². The summed E-state index contributed by atoms with van der Waals surface area (Å²) in [6, 6.07) is 0. The summed E-state index contributed by atoms with van der Waals surface area (Å²) >= 11 is 0. The Labute approximate surface area is 116 Å². The Kier molecular flexibility index (Phi) is 5.22. The molecular formula is C10H17N3O6S. The molecule has 1 rings (SSSR count). The molecule has 1 aromatic heterocycles. The van der Waals surface area contributed by atoms with Gasteiger partial charge in [-0.25, -0.2) is 13.2 Å². The predicted molar refractivity (Wildman–Crippen MR) is 68.0 cm³/mol. The number of aliphatic hydroxyl groups excluding tert-OH is 1. The van der Waals surface area contributed by atoms with Crippen LogP contribution < -0.4 is 0 Å². The number of nitrogens with zero attached hydrogens (tertiary/aromatic N) is 2. The molecule has 0 aliphatic rings. The van der Waals surface area contributed by atoms with Gasteiger partial charge in [0.05, 0.1) is 12.7 Å². The summed E-state index contributed by atoms with van der Waals surface area (Å²) < 4.78 is 30.0. The number of methoxy groups -OCH3 is 1. The number of carbonyl (C=O) groups is 1. The molecule has 1 aromatic rings. The van der Waals surface area contributed by atoms with E-state index in [4.69, 9.17) is 9.84 Å². The monoisotopic (exact) mass is 307 g/mol. The molecule has 0 aliphatic carbocycles. The zero-order valence-corrected chi connectivity index (χ0v) is 12.1. The molecule has 0 fully saturated rings. The van der Waals surface area contributed by atoms with Gasteiger partial charge in [-0.3, -0.25) is 5.10 Å². The Bertz CT molecular complexity index is 582. The maximum Gasteiger partial charge on any atom is 0.340 e. The van der Waals surface area contributed by atoms with E-state index in [0.717, 1.165) is 4.31 Å². The van der Waals surface area contributed by atoms with Crippen molar-refractivity contribution in [3.8, 4) is 0 Å². The lowest BCUT2D eigenvalue weighted by atomic mass is 10.3. The quantitative estimate of drug-likeness (QED) is 0.591. The van der Waals surface area contributed by atoms with Gasteiger partial charge in [0.1, 0.15) is 5.56 Å². The Morgan fingerprint density at radius 1 is 1.55 bits per heavy atom. The number of aromatic carboxylic acids is 1. The summed E-state index contributed by atoms with van der Waals surface area (Å²) in [5.74, 6) is -1.39. The van der Waals surface area contributed by atoms with Gasteiger partial charge < -0.3 is 14.9 Å². The van der Waals surface area contributed by atoms with Crippen LogP contribution in [0.1, 0.15) is 16.1 Å². The molecule has 1 unspecified atom stereocenters. The molecule has 1 atom stereocenters. The molecule has 0 spiro atoms.